The van der Waals surface area contributed by atoms with Crippen LogP contribution in [0, 0.1) is 6.92 Å². The van der Waals surface area contributed by atoms with E-state index >= 15 is 0 Å². The molecular weight excluding hydrogens is 317 g/mol. The highest BCUT2D eigenvalue weighted by atomic mass is 19.4. The minimum atomic E-state index is -4.40. The Labute approximate surface area is 138 Å². The molecule has 3 N–H and O–H groups in total. The number of benzene rings is 2. The van der Waals surface area contributed by atoms with E-state index in [1.165, 1.54) is 0 Å². The van der Waals surface area contributed by atoms with Crippen molar-refractivity contribution in [3.05, 3.63) is 71.3 Å². The standard InChI is InChI=1S/C18H19F3N2O/c1-13-7-9-15(10-8-13)17(14-5-3-2-4-6-14)22-11-16(24)23-12-18(19,20)21/h2-10,17,22H,11-12H2,1H3,(H,23,24)/p+1/t17-/m1/s1. The van der Waals surface area contributed by atoms with E-state index in [2.05, 4.69) is 0 Å². The van der Waals surface area contributed by atoms with Gasteiger partial charge in [0.05, 0.1) is 0 Å². The van der Waals surface area contributed by atoms with E-state index in [1.54, 1.807) is 5.32 Å². The minimum Gasteiger partial charge on any atom is -0.342 e. The van der Waals surface area contributed by atoms with Crippen LogP contribution in [0.4, 0.5) is 13.2 Å². The lowest BCUT2D eigenvalue weighted by Gasteiger charge is -2.17. The molecular formula is C18H20F3N2O+. The molecule has 0 fully saturated rings. The second-order valence-electron chi connectivity index (χ2n) is 5.63. The van der Waals surface area contributed by atoms with Crippen LogP contribution in [0.25, 0.3) is 0 Å². The molecule has 1 amide bonds. The summed E-state index contributed by atoms with van der Waals surface area (Å²) in [6.07, 6.45) is -4.40. The summed E-state index contributed by atoms with van der Waals surface area (Å²) in [6, 6.07) is 17.3. The molecule has 2 rings (SSSR count). The Balaban J connectivity index is 2.07. The Morgan fingerprint density at radius 2 is 1.62 bits per heavy atom. The highest BCUT2D eigenvalue weighted by molar-refractivity contribution is 5.76. The van der Waals surface area contributed by atoms with Gasteiger partial charge in [0.2, 0.25) is 0 Å². The molecule has 0 heterocycles. The number of amides is 1. The zero-order chi connectivity index (χ0) is 17.6. The lowest BCUT2D eigenvalue weighted by atomic mass is 9.98. The molecule has 6 heteroatoms. The van der Waals surface area contributed by atoms with Crippen molar-refractivity contribution in [1.29, 1.82) is 0 Å². The largest absolute Gasteiger partial charge is 0.405 e. The minimum absolute atomic E-state index is 0.0798. The fraction of sp³-hybridized carbons (Fsp3) is 0.278. The summed E-state index contributed by atoms with van der Waals surface area (Å²) >= 11 is 0. The Morgan fingerprint density at radius 1 is 1.04 bits per heavy atom. The van der Waals surface area contributed by atoms with Gasteiger partial charge in [-0.2, -0.15) is 13.2 Å². The molecule has 2 aromatic carbocycles. The van der Waals surface area contributed by atoms with E-state index < -0.39 is 18.6 Å². The Kier molecular flexibility index (Phi) is 5.98. The Bertz CT molecular complexity index is 654. The van der Waals surface area contributed by atoms with E-state index in [4.69, 9.17) is 0 Å². The third kappa shape index (κ3) is 5.70. The average molecular weight is 337 g/mol. The zero-order valence-electron chi connectivity index (χ0n) is 13.3. The molecule has 0 aliphatic rings. The van der Waals surface area contributed by atoms with Crippen molar-refractivity contribution in [2.75, 3.05) is 13.1 Å². The molecule has 3 nitrogen and oxygen atoms in total. The summed E-state index contributed by atoms with van der Waals surface area (Å²) in [6.45, 7) is 0.597. The van der Waals surface area contributed by atoms with Gasteiger partial charge in [-0.05, 0) is 6.92 Å². The highest BCUT2D eigenvalue weighted by Gasteiger charge is 2.28. The van der Waals surface area contributed by atoms with Gasteiger partial charge >= 0.3 is 6.18 Å². The first kappa shape index (κ1) is 18.0. The van der Waals surface area contributed by atoms with Crippen molar-refractivity contribution in [2.45, 2.75) is 19.1 Å². The molecule has 128 valence electrons. The number of halogens is 3. The smallest absolute Gasteiger partial charge is 0.342 e. The number of alkyl halides is 3. The van der Waals surface area contributed by atoms with Gasteiger partial charge < -0.3 is 10.6 Å². The van der Waals surface area contributed by atoms with Crippen molar-refractivity contribution in [1.82, 2.24) is 5.32 Å². The van der Waals surface area contributed by atoms with Gasteiger partial charge in [0.15, 0.2) is 6.54 Å². The van der Waals surface area contributed by atoms with Gasteiger partial charge in [0.1, 0.15) is 12.6 Å². The summed E-state index contributed by atoms with van der Waals surface area (Å²) in [5.41, 5.74) is 3.11. The molecule has 0 spiro atoms. The number of carbonyl (C=O) groups excluding carboxylic acids is 1. The van der Waals surface area contributed by atoms with Crippen molar-refractivity contribution in [2.24, 2.45) is 0 Å². The van der Waals surface area contributed by atoms with Gasteiger partial charge in [0, 0.05) is 11.1 Å². The molecule has 0 aliphatic heterocycles. The van der Waals surface area contributed by atoms with Gasteiger partial charge in [-0.25, -0.2) is 0 Å². The SMILES string of the molecule is Cc1ccc([C@H]([NH2+]CC(=O)NCC(F)(F)F)c2ccccc2)cc1. The van der Waals surface area contributed by atoms with E-state index in [0.717, 1.165) is 16.7 Å². The van der Waals surface area contributed by atoms with Crippen LogP contribution in [0.5, 0.6) is 0 Å². The van der Waals surface area contributed by atoms with E-state index in [0.29, 0.717) is 0 Å². The molecule has 0 radical (unpaired) electrons. The van der Waals surface area contributed by atoms with Crippen LogP contribution >= 0.6 is 0 Å². The quantitative estimate of drug-likeness (QED) is 0.835. The molecule has 0 unspecified atom stereocenters. The predicted octanol–water partition coefficient (Wildman–Crippen LogP) is 2.33. The number of aryl methyl sites for hydroxylation is 1. The molecule has 2 aromatic rings. The van der Waals surface area contributed by atoms with Crippen LogP contribution in [0.2, 0.25) is 0 Å². The zero-order valence-corrected chi connectivity index (χ0v) is 13.3. The number of quaternary nitrogens is 1. The molecule has 0 saturated carbocycles. The van der Waals surface area contributed by atoms with Crippen LogP contribution in [-0.4, -0.2) is 25.2 Å². The summed E-state index contributed by atoms with van der Waals surface area (Å²) in [4.78, 5) is 11.7. The van der Waals surface area contributed by atoms with Crippen LogP contribution in [0.15, 0.2) is 54.6 Å². The molecule has 0 bridgehead atoms. The number of nitrogens with two attached hydrogens (primary N) is 1. The summed E-state index contributed by atoms with van der Waals surface area (Å²) in [5, 5.41) is 3.64. The first-order valence-electron chi connectivity index (χ1n) is 7.63. The molecule has 24 heavy (non-hydrogen) atoms. The highest BCUT2D eigenvalue weighted by Crippen LogP contribution is 2.18. The number of rotatable bonds is 6. The van der Waals surface area contributed by atoms with Crippen LogP contribution < -0.4 is 10.6 Å². The third-order valence-electron chi connectivity index (χ3n) is 3.62. The maximum absolute atomic E-state index is 12.2. The van der Waals surface area contributed by atoms with Gasteiger partial charge in [-0.3, -0.25) is 4.79 Å². The maximum atomic E-state index is 12.2. The Hall–Kier alpha value is -2.34. The average Bonchev–Trinajstić information content (AvgIpc) is 2.55. The molecule has 1 atom stereocenters. The Morgan fingerprint density at radius 3 is 2.21 bits per heavy atom. The van der Waals surface area contributed by atoms with E-state index in [-0.39, 0.29) is 12.6 Å². The number of hydrogen-bond donors (Lipinski definition) is 2. The second-order valence-corrected chi connectivity index (χ2v) is 5.63. The van der Waals surface area contributed by atoms with Crippen molar-refractivity contribution in [3.8, 4) is 0 Å². The normalized spacial score (nSPS) is 12.7. The van der Waals surface area contributed by atoms with E-state index in [1.807, 2.05) is 66.8 Å². The lowest BCUT2D eigenvalue weighted by Crippen LogP contribution is -2.87. The van der Waals surface area contributed by atoms with Crippen LogP contribution in [0.1, 0.15) is 22.7 Å². The first-order chi connectivity index (χ1) is 11.3. The number of hydrogen-bond acceptors (Lipinski definition) is 1. The summed E-state index contributed by atoms with van der Waals surface area (Å²) in [7, 11) is 0. The number of nitrogens with one attached hydrogen (secondary N) is 1. The van der Waals surface area contributed by atoms with Crippen molar-refractivity contribution < 1.29 is 23.3 Å². The monoisotopic (exact) mass is 337 g/mol. The van der Waals surface area contributed by atoms with Crippen LogP contribution in [-0.2, 0) is 4.79 Å². The fourth-order valence-electron chi connectivity index (χ4n) is 2.39. The van der Waals surface area contributed by atoms with Gasteiger partial charge in [0.25, 0.3) is 5.91 Å². The maximum Gasteiger partial charge on any atom is 0.405 e. The predicted molar refractivity (Wildman–Crippen MR) is 85.3 cm³/mol. The van der Waals surface area contributed by atoms with Crippen molar-refractivity contribution in [3.63, 3.8) is 0 Å². The van der Waals surface area contributed by atoms with Crippen molar-refractivity contribution >= 4 is 5.91 Å². The number of carbonyl (C=O) groups is 1. The third-order valence-corrected chi connectivity index (χ3v) is 3.62. The summed E-state index contributed by atoms with van der Waals surface area (Å²) < 4.78 is 36.5. The summed E-state index contributed by atoms with van der Waals surface area (Å²) in [5.74, 6) is -0.639. The van der Waals surface area contributed by atoms with Gasteiger partial charge in [-0.15, -0.1) is 0 Å². The van der Waals surface area contributed by atoms with E-state index in [9.17, 15) is 18.0 Å². The molecule has 0 saturated heterocycles. The second kappa shape index (κ2) is 7.97. The molecule has 0 aliphatic carbocycles. The lowest BCUT2D eigenvalue weighted by molar-refractivity contribution is -0.676. The fourth-order valence-corrected chi connectivity index (χ4v) is 2.39. The first-order valence-corrected chi connectivity index (χ1v) is 7.63. The van der Waals surface area contributed by atoms with Gasteiger partial charge in [-0.1, -0.05) is 60.2 Å². The molecule has 0 aromatic heterocycles. The van der Waals surface area contributed by atoms with Crippen LogP contribution in [0.3, 0.4) is 0 Å². The topological polar surface area (TPSA) is 45.7 Å².